The van der Waals surface area contributed by atoms with Gasteiger partial charge in [-0.3, -0.25) is 0 Å². The van der Waals surface area contributed by atoms with Gasteiger partial charge in [-0.25, -0.2) is 9.78 Å². The highest BCUT2D eigenvalue weighted by molar-refractivity contribution is 5.63. The third-order valence-corrected chi connectivity index (χ3v) is 1.98. The molecule has 1 aromatic carbocycles. The Morgan fingerprint density at radius 3 is 1.25 bits per heavy atom. The van der Waals surface area contributed by atoms with E-state index in [1.807, 2.05) is 78.0 Å². The van der Waals surface area contributed by atoms with Gasteiger partial charge < -0.3 is 0 Å². The number of benzene rings is 1. The van der Waals surface area contributed by atoms with Crippen molar-refractivity contribution in [1.29, 1.82) is 0 Å². The van der Waals surface area contributed by atoms with E-state index >= 15 is 0 Å². The lowest BCUT2D eigenvalue weighted by molar-refractivity contribution is -0.393. The van der Waals surface area contributed by atoms with Crippen molar-refractivity contribution in [3.8, 4) is 0 Å². The Morgan fingerprint density at radius 2 is 1.05 bits per heavy atom. The van der Waals surface area contributed by atoms with E-state index in [4.69, 9.17) is 9.78 Å². The molecule has 1 aromatic rings. The van der Waals surface area contributed by atoms with Crippen LogP contribution in [0.2, 0.25) is 0 Å². The SMILES string of the molecule is C=Cc1ccccc1C=C.CC(C)(C)OOC(C)(C)C. The second kappa shape index (κ2) is 8.03. The summed E-state index contributed by atoms with van der Waals surface area (Å²) in [4.78, 5) is 10.2. The van der Waals surface area contributed by atoms with E-state index in [0.29, 0.717) is 0 Å². The van der Waals surface area contributed by atoms with E-state index in [-0.39, 0.29) is 11.2 Å². The van der Waals surface area contributed by atoms with Crippen molar-refractivity contribution in [1.82, 2.24) is 0 Å². The molecule has 20 heavy (non-hydrogen) atoms. The molecule has 2 heteroatoms. The van der Waals surface area contributed by atoms with Crippen molar-refractivity contribution < 1.29 is 9.78 Å². The Balaban J connectivity index is 0.000000361. The Hall–Kier alpha value is -1.38. The molecule has 0 saturated heterocycles. The van der Waals surface area contributed by atoms with E-state index in [0.717, 1.165) is 11.1 Å². The van der Waals surface area contributed by atoms with Gasteiger partial charge in [0, 0.05) is 0 Å². The van der Waals surface area contributed by atoms with Crippen LogP contribution in [0.1, 0.15) is 52.7 Å². The summed E-state index contributed by atoms with van der Waals surface area (Å²) in [5.74, 6) is 0. The van der Waals surface area contributed by atoms with Crippen molar-refractivity contribution in [3.05, 3.63) is 48.6 Å². The molecule has 0 atom stereocenters. The molecule has 0 spiro atoms. The summed E-state index contributed by atoms with van der Waals surface area (Å²) >= 11 is 0. The van der Waals surface area contributed by atoms with E-state index in [2.05, 4.69) is 13.2 Å². The predicted octanol–water partition coefficient (Wildman–Crippen LogP) is 5.50. The first-order valence-corrected chi connectivity index (χ1v) is 6.80. The van der Waals surface area contributed by atoms with Gasteiger partial charge >= 0.3 is 0 Å². The van der Waals surface area contributed by atoms with Crippen molar-refractivity contribution in [2.75, 3.05) is 0 Å². The Morgan fingerprint density at radius 1 is 0.750 bits per heavy atom. The maximum atomic E-state index is 5.09. The lowest BCUT2D eigenvalue weighted by Gasteiger charge is -2.24. The van der Waals surface area contributed by atoms with Crippen LogP contribution in [0.15, 0.2) is 37.4 Å². The first-order chi connectivity index (χ1) is 9.09. The van der Waals surface area contributed by atoms with Crippen LogP contribution < -0.4 is 0 Å². The van der Waals surface area contributed by atoms with Crippen LogP contribution in [-0.2, 0) is 9.78 Å². The average molecular weight is 276 g/mol. The highest BCUT2D eigenvalue weighted by Crippen LogP contribution is 2.14. The quantitative estimate of drug-likeness (QED) is 0.535. The molecular weight excluding hydrogens is 248 g/mol. The molecule has 2 nitrogen and oxygen atoms in total. The topological polar surface area (TPSA) is 18.5 Å². The molecule has 112 valence electrons. The second-order valence-electron chi connectivity index (χ2n) is 6.43. The molecule has 0 aliphatic heterocycles. The summed E-state index contributed by atoms with van der Waals surface area (Å²) in [6, 6.07) is 8.02. The fourth-order valence-electron chi connectivity index (χ4n) is 1.13. The molecule has 0 aliphatic rings. The van der Waals surface area contributed by atoms with Crippen LogP contribution in [0.4, 0.5) is 0 Å². The van der Waals surface area contributed by atoms with Crippen LogP contribution in [0, 0.1) is 0 Å². The standard InChI is InChI=1S/C10H10.C8H18O2/c1-3-9-7-5-6-8-10(9)4-2;1-7(2,3)9-10-8(4,5)6/h3-8H,1-2H2;1-6H3. The summed E-state index contributed by atoms with van der Waals surface area (Å²) in [7, 11) is 0. The summed E-state index contributed by atoms with van der Waals surface area (Å²) in [6.45, 7) is 19.1. The fourth-order valence-corrected chi connectivity index (χ4v) is 1.13. The first-order valence-electron chi connectivity index (χ1n) is 6.80. The average Bonchev–Trinajstić information content (AvgIpc) is 2.35. The Bertz CT molecular complexity index is 379. The van der Waals surface area contributed by atoms with Gasteiger partial charge in [-0.1, -0.05) is 49.6 Å². The van der Waals surface area contributed by atoms with Gasteiger partial charge in [0.15, 0.2) is 0 Å². The van der Waals surface area contributed by atoms with Crippen LogP contribution in [0.25, 0.3) is 12.2 Å². The summed E-state index contributed by atoms with van der Waals surface area (Å²) < 4.78 is 0. The molecule has 0 amide bonds. The van der Waals surface area contributed by atoms with E-state index in [1.165, 1.54) is 0 Å². The van der Waals surface area contributed by atoms with E-state index in [9.17, 15) is 0 Å². The van der Waals surface area contributed by atoms with Crippen LogP contribution in [0.3, 0.4) is 0 Å². The third kappa shape index (κ3) is 9.54. The van der Waals surface area contributed by atoms with Gasteiger partial charge in [-0.2, -0.15) is 0 Å². The van der Waals surface area contributed by atoms with Gasteiger partial charge in [-0.15, -0.1) is 0 Å². The second-order valence-corrected chi connectivity index (χ2v) is 6.43. The number of rotatable bonds is 3. The lowest BCUT2D eigenvalue weighted by Crippen LogP contribution is -2.27. The smallest absolute Gasteiger partial charge is 0.0952 e. The molecule has 0 aliphatic carbocycles. The predicted molar refractivity (Wildman–Crippen MR) is 88.3 cm³/mol. The molecule has 0 radical (unpaired) electrons. The molecule has 0 bridgehead atoms. The molecule has 1 rings (SSSR count). The van der Waals surface area contributed by atoms with Gasteiger partial charge in [0.05, 0.1) is 11.2 Å². The summed E-state index contributed by atoms with van der Waals surface area (Å²) in [5.41, 5.74) is 1.84. The molecule has 0 aromatic heterocycles. The van der Waals surface area contributed by atoms with E-state index < -0.39 is 0 Å². The third-order valence-electron chi connectivity index (χ3n) is 1.98. The molecule has 0 unspecified atom stereocenters. The van der Waals surface area contributed by atoms with Gasteiger partial charge in [-0.05, 0) is 52.7 Å². The van der Waals surface area contributed by atoms with Crippen LogP contribution in [-0.4, -0.2) is 11.2 Å². The molecule has 0 heterocycles. The summed E-state index contributed by atoms with van der Waals surface area (Å²) in [5, 5.41) is 0. The highest BCUT2D eigenvalue weighted by atomic mass is 17.2. The minimum Gasteiger partial charge on any atom is -0.230 e. The monoisotopic (exact) mass is 276 g/mol. The maximum absolute atomic E-state index is 5.09. The minimum absolute atomic E-state index is 0.215. The largest absolute Gasteiger partial charge is 0.230 e. The molecule has 0 fully saturated rings. The molecule has 0 saturated carbocycles. The zero-order valence-corrected chi connectivity index (χ0v) is 13.7. The van der Waals surface area contributed by atoms with Crippen molar-refractivity contribution in [2.45, 2.75) is 52.7 Å². The molecular formula is C18H28O2. The Labute approximate surface area is 124 Å². The van der Waals surface area contributed by atoms with Gasteiger partial charge in [0.2, 0.25) is 0 Å². The van der Waals surface area contributed by atoms with Gasteiger partial charge in [0.1, 0.15) is 0 Å². The number of hydrogen-bond acceptors (Lipinski definition) is 2. The van der Waals surface area contributed by atoms with Gasteiger partial charge in [0.25, 0.3) is 0 Å². The number of hydrogen-bond donors (Lipinski definition) is 0. The van der Waals surface area contributed by atoms with Crippen molar-refractivity contribution in [3.63, 3.8) is 0 Å². The van der Waals surface area contributed by atoms with Crippen LogP contribution in [0.5, 0.6) is 0 Å². The van der Waals surface area contributed by atoms with Crippen LogP contribution >= 0.6 is 0 Å². The zero-order valence-electron chi connectivity index (χ0n) is 13.7. The van der Waals surface area contributed by atoms with E-state index in [1.54, 1.807) is 0 Å². The molecule has 0 N–H and O–H groups in total. The normalized spacial score (nSPS) is 11.3. The van der Waals surface area contributed by atoms with Crippen molar-refractivity contribution in [2.24, 2.45) is 0 Å². The zero-order chi connectivity index (χ0) is 15.8. The maximum Gasteiger partial charge on any atom is 0.0952 e. The first kappa shape index (κ1) is 18.6. The highest BCUT2D eigenvalue weighted by Gasteiger charge is 2.18. The lowest BCUT2D eigenvalue weighted by atomic mass is 10.1. The fraction of sp³-hybridized carbons (Fsp3) is 0.444. The summed E-state index contributed by atoms with van der Waals surface area (Å²) in [6.07, 6.45) is 3.66. The van der Waals surface area contributed by atoms with Crippen molar-refractivity contribution >= 4 is 12.2 Å². The Kier molecular flexibility index (Phi) is 7.48. The minimum atomic E-state index is -0.215.